The van der Waals surface area contributed by atoms with Crippen LogP contribution in [0.5, 0.6) is 0 Å². The molecule has 0 saturated carbocycles. The highest BCUT2D eigenvalue weighted by Crippen LogP contribution is 2.33. The van der Waals surface area contributed by atoms with Gasteiger partial charge in [0.05, 0.1) is 17.3 Å². The molecule has 1 heterocycles. The van der Waals surface area contributed by atoms with Gasteiger partial charge in [0.15, 0.2) is 5.13 Å². The van der Waals surface area contributed by atoms with Crippen LogP contribution in [0.3, 0.4) is 0 Å². The summed E-state index contributed by atoms with van der Waals surface area (Å²) < 4.78 is 0. The first kappa shape index (κ1) is 27.1. The average Bonchev–Trinajstić information content (AvgIpc) is 3.34. The monoisotopic (exact) mass is 505 g/mol. The second-order valence-corrected chi connectivity index (χ2v) is 10.1. The summed E-state index contributed by atoms with van der Waals surface area (Å²) in [5.74, 6) is -0.679. The van der Waals surface area contributed by atoms with Gasteiger partial charge < -0.3 is 20.4 Å². The van der Waals surface area contributed by atoms with Crippen LogP contribution in [0, 0.1) is 0 Å². The summed E-state index contributed by atoms with van der Waals surface area (Å²) in [6.45, 7) is 9.19. The number of nitrogens with one attached hydrogen (secondary N) is 2. The van der Waals surface area contributed by atoms with Crippen LogP contribution in [-0.4, -0.2) is 55.9 Å². The molecule has 2 amide bonds. The molecule has 0 aliphatic heterocycles. The standard InChI is InChI=1S/C28H35N5O2S/c1-7-23-18-29-28(36-23)31-27(35)19(3)20-10-9-11-21(16-20)22-12-13-24(30-26(34)8-2)25(17-22)33(6)15-14-32(4)5/h8-13,16-19H,2,7,14-15H2,1,3-6H3,(H,30,34)(H,29,31,35)/t19-/m0/s1. The number of anilines is 3. The highest BCUT2D eigenvalue weighted by atomic mass is 32.1. The molecule has 8 heteroatoms. The molecule has 0 bridgehead atoms. The molecule has 1 aromatic heterocycles. The number of rotatable bonds is 11. The molecule has 0 radical (unpaired) electrons. The van der Waals surface area contributed by atoms with Gasteiger partial charge in [-0.1, -0.05) is 43.8 Å². The summed E-state index contributed by atoms with van der Waals surface area (Å²) in [6.07, 6.45) is 3.97. The second kappa shape index (κ2) is 12.5. The first-order valence-corrected chi connectivity index (χ1v) is 12.8. The molecular formula is C28H35N5O2S. The number of thiazole rings is 1. The van der Waals surface area contributed by atoms with Crippen molar-refractivity contribution in [3.8, 4) is 11.1 Å². The Hall–Kier alpha value is -3.49. The molecule has 3 rings (SSSR count). The van der Waals surface area contributed by atoms with Gasteiger partial charge >= 0.3 is 0 Å². The molecule has 7 nitrogen and oxygen atoms in total. The van der Waals surface area contributed by atoms with Gasteiger partial charge in [-0.05, 0) is 62.3 Å². The number of hydrogen-bond donors (Lipinski definition) is 2. The smallest absolute Gasteiger partial charge is 0.247 e. The van der Waals surface area contributed by atoms with E-state index >= 15 is 0 Å². The highest BCUT2D eigenvalue weighted by molar-refractivity contribution is 7.15. The first-order valence-electron chi connectivity index (χ1n) is 12.0. The molecule has 0 unspecified atom stereocenters. The second-order valence-electron chi connectivity index (χ2n) is 8.97. The van der Waals surface area contributed by atoms with E-state index in [2.05, 4.69) is 45.0 Å². The summed E-state index contributed by atoms with van der Waals surface area (Å²) in [6, 6.07) is 14.0. The first-order chi connectivity index (χ1) is 17.2. The molecule has 2 aromatic carbocycles. The lowest BCUT2D eigenvalue weighted by atomic mass is 9.95. The Morgan fingerprint density at radius 1 is 1.08 bits per heavy atom. The van der Waals surface area contributed by atoms with E-state index in [1.807, 2.05) is 64.5 Å². The molecule has 0 spiro atoms. The van der Waals surface area contributed by atoms with E-state index in [4.69, 9.17) is 0 Å². The zero-order valence-corrected chi connectivity index (χ0v) is 22.5. The predicted octanol–water partition coefficient (Wildman–Crippen LogP) is 5.24. The van der Waals surface area contributed by atoms with E-state index < -0.39 is 0 Å². The van der Waals surface area contributed by atoms with Crippen LogP contribution in [-0.2, 0) is 16.0 Å². The maximum atomic E-state index is 12.9. The summed E-state index contributed by atoms with van der Waals surface area (Å²) in [5.41, 5.74) is 4.56. The Kier molecular flexibility index (Phi) is 9.38. The van der Waals surface area contributed by atoms with Gasteiger partial charge in [0.25, 0.3) is 0 Å². The van der Waals surface area contributed by atoms with Gasteiger partial charge in [0.1, 0.15) is 0 Å². The summed E-state index contributed by atoms with van der Waals surface area (Å²) in [5, 5.41) is 6.48. The number of likely N-dealkylation sites (N-methyl/N-ethyl adjacent to an activating group) is 2. The van der Waals surface area contributed by atoms with Crippen molar-refractivity contribution in [1.29, 1.82) is 0 Å². The molecule has 0 fully saturated rings. The number of hydrogen-bond acceptors (Lipinski definition) is 6. The number of carbonyl (C=O) groups is 2. The number of aromatic nitrogens is 1. The van der Waals surface area contributed by atoms with E-state index in [0.717, 1.165) is 52.5 Å². The SMILES string of the molecule is C=CC(=O)Nc1ccc(-c2cccc([C@H](C)C(=O)Nc3ncc(CC)s3)c2)cc1N(C)CCN(C)C. The van der Waals surface area contributed by atoms with E-state index in [9.17, 15) is 9.59 Å². The lowest BCUT2D eigenvalue weighted by molar-refractivity contribution is -0.117. The van der Waals surface area contributed by atoms with Gasteiger partial charge in [-0.15, -0.1) is 11.3 Å². The lowest BCUT2D eigenvalue weighted by Crippen LogP contribution is -2.29. The number of carbonyl (C=O) groups excluding carboxylic acids is 2. The van der Waals surface area contributed by atoms with Crippen LogP contribution in [0.1, 0.15) is 30.2 Å². The number of aryl methyl sites for hydroxylation is 1. The predicted molar refractivity (Wildman–Crippen MR) is 151 cm³/mol. The van der Waals surface area contributed by atoms with Crippen LogP contribution < -0.4 is 15.5 Å². The van der Waals surface area contributed by atoms with Crippen LogP contribution in [0.4, 0.5) is 16.5 Å². The zero-order valence-electron chi connectivity index (χ0n) is 21.7. The van der Waals surface area contributed by atoms with Crippen molar-refractivity contribution in [1.82, 2.24) is 9.88 Å². The number of benzene rings is 2. The Morgan fingerprint density at radius 2 is 1.83 bits per heavy atom. The Labute approximate surface area is 217 Å². The van der Waals surface area contributed by atoms with Gasteiger partial charge in [0, 0.05) is 31.2 Å². The van der Waals surface area contributed by atoms with Crippen molar-refractivity contribution < 1.29 is 9.59 Å². The third-order valence-corrected chi connectivity index (χ3v) is 7.04. The molecule has 190 valence electrons. The fourth-order valence-corrected chi connectivity index (χ4v) is 4.42. The van der Waals surface area contributed by atoms with Crippen molar-refractivity contribution in [3.05, 3.63) is 71.8 Å². The molecule has 36 heavy (non-hydrogen) atoms. The van der Waals surface area contributed by atoms with E-state index in [0.29, 0.717) is 5.13 Å². The Balaban J connectivity index is 1.87. The van der Waals surface area contributed by atoms with E-state index in [1.54, 1.807) is 6.20 Å². The minimum absolute atomic E-state index is 0.0873. The quantitative estimate of drug-likeness (QED) is 0.349. The summed E-state index contributed by atoms with van der Waals surface area (Å²) in [4.78, 5) is 34.6. The van der Waals surface area contributed by atoms with Gasteiger partial charge in [-0.3, -0.25) is 9.59 Å². The zero-order chi connectivity index (χ0) is 26.2. The summed E-state index contributed by atoms with van der Waals surface area (Å²) in [7, 11) is 6.08. The topological polar surface area (TPSA) is 77.6 Å². The fraction of sp³-hybridized carbons (Fsp3) is 0.321. The third kappa shape index (κ3) is 7.02. The van der Waals surface area contributed by atoms with E-state index in [1.165, 1.54) is 17.4 Å². The molecule has 3 aromatic rings. The Morgan fingerprint density at radius 3 is 2.50 bits per heavy atom. The molecule has 0 aliphatic carbocycles. The number of nitrogens with zero attached hydrogens (tertiary/aromatic N) is 3. The van der Waals surface area contributed by atoms with Crippen molar-refractivity contribution in [2.24, 2.45) is 0 Å². The fourth-order valence-electron chi connectivity index (χ4n) is 3.67. The molecule has 2 N–H and O–H groups in total. The molecule has 0 aliphatic rings. The van der Waals surface area contributed by atoms with Crippen LogP contribution >= 0.6 is 11.3 Å². The molecule has 0 saturated heterocycles. The molecule has 1 atom stereocenters. The van der Waals surface area contributed by atoms with Crippen molar-refractivity contribution >= 4 is 39.7 Å². The number of amides is 2. The van der Waals surface area contributed by atoms with Crippen LogP contribution in [0.25, 0.3) is 11.1 Å². The summed E-state index contributed by atoms with van der Waals surface area (Å²) >= 11 is 1.50. The average molecular weight is 506 g/mol. The maximum Gasteiger partial charge on any atom is 0.247 e. The van der Waals surface area contributed by atoms with Crippen molar-refractivity contribution in [2.75, 3.05) is 49.8 Å². The molecular weight excluding hydrogens is 470 g/mol. The minimum Gasteiger partial charge on any atom is -0.372 e. The van der Waals surface area contributed by atoms with Crippen LogP contribution in [0.15, 0.2) is 61.3 Å². The van der Waals surface area contributed by atoms with Gasteiger partial charge in [-0.2, -0.15) is 0 Å². The largest absolute Gasteiger partial charge is 0.372 e. The highest BCUT2D eigenvalue weighted by Gasteiger charge is 2.18. The van der Waals surface area contributed by atoms with E-state index in [-0.39, 0.29) is 17.7 Å². The maximum absolute atomic E-state index is 12.9. The van der Waals surface area contributed by atoms with Gasteiger partial charge in [0.2, 0.25) is 11.8 Å². The van der Waals surface area contributed by atoms with Crippen molar-refractivity contribution in [3.63, 3.8) is 0 Å². The van der Waals surface area contributed by atoms with Gasteiger partial charge in [-0.25, -0.2) is 4.98 Å². The normalized spacial score (nSPS) is 11.7. The Bertz CT molecular complexity index is 1220. The lowest BCUT2D eigenvalue weighted by Gasteiger charge is -2.25. The van der Waals surface area contributed by atoms with Crippen LogP contribution in [0.2, 0.25) is 0 Å². The minimum atomic E-state index is -0.340. The third-order valence-electron chi connectivity index (χ3n) is 5.98. The van der Waals surface area contributed by atoms with Crippen molar-refractivity contribution in [2.45, 2.75) is 26.2 Å².